The number of ether oxygens (including phenoxy) is 1. The summed E-state index contributed by atoms with van der Waals surface area (Å²) in [6, 6.07) is -0.0671. The Labute approximate surface area is 117 Å². The van der Waals surface area contributed by atoms with Crippen molar-refractivity contribution in [3.63, 3.8) is 0 Å². The number of rotatable bonds is 4. The summed E-state index contributed by atoms with van der Waals surface area (Å²) in [5.74, 6) is 0.369. The van der Waals surface area contributed by atoms with Crippen LogP contribution in [0.25, 0.3) is 0 Å². The molecule has 0 spiro atoms. The van der Waals surface area contributed by atoms with Crippen molar-refractivity contribution in [3.05, 3.63) is 0 Å². The second kappa shape index (κ2) is 6.08. The van der Waals surface area contributed by atoms with E-state index in [4.69, 9.17) is 10.5 Å². The van der Waals surface area contributed by atoms with Crippen LogP contribution in [0.3, 0.4) is 0 Å². The van der Waals surface area contributed by atoms with Crippen LogP contribution < -0.4 is 5.73 Å². The molecular formula is C13H28N2O3S. The molecule has 1 rings (SSSR count). The molecule has 1 aliphatic heterocycles. The van der Waals surface area contributed by atoms with Gasteiger partial charge in [-0.25, -0.2) is 8.42 Å². The fourth-order valence-electron chi connectivity index (χ4n) is 2.48. The van der Waals surface area contributed by atoms with Crippen LogP contribution in [-0.4, -0.2) is 62.7 Å². The van der Waals surface area contributed by atoms with Gasteiger partial charge in [-0.15, -0.1) is 0 Å². The Morgan fingerprint density at radius 2 is 1.89 bits per heavy atom. The summed E-state index contributed by atoms with van der Waals surface area (Å²) in [6.45, 7) is 10.6. The van der Waals surface area contributed by atoms with Crippen molar-refractivity contribution >= 4 is 9.84 Å². The Morgan fingerprint density at radius 1 is 1.32 bits per heavy atom. The Balaban J connectivity index is 2.54. The molecule has 0 saturated carbocycles. The highest BCUT2D eigenvalue weighted by Gasteiger charge is 2.37. The van der Waals surface area contributed by atoms with Gasteiger partial charge in [0.05, 0.1) is 18.5 Å². The molecule has 0 radical (unpaired) electrons. The molecule has 19 heavy (non-hydrogen) atoms. The monoisotopic (exact) mass is 292 g/mol. The summed E-state index contributed by atoms with van der Waals surface area (Å²) in [4.78, 5) is 2.36. The van der Waals surface area contributed by atoms with Crippen molar-refractivity contribution in [1.29, 1.82) is 0 Å². The predicted octanol–water partition coefficient (Wildman–Crippen LogP) is 0.494. The first-order chi connectivity index (χ1) is 8.50. The number of likely N-dealkylation sites (tertiary alicyclic amines) is 1. The van der Waals surface area contributed by atoms with Crippen molar-refractivity contribution in [2.24, 2.45) is 11.7 Å². The molecule has 0 bridgehead atoms. The Kier molecular flexibility index (Phi) is 5.40. The van der Waals surface area contributed by atoms with Gasteiger partial charge in [0, 0.05) is 30.9 Å². The molecule has 6 heteroatoms. The van der Waals surface area contributed by atoms with Gasteiger partial charge in [-0.1, -0.05) is 6.92 Å². The number of sulfone groups is 1. The van der Waals surface area contributed by atoms with Gasteiger partial charge in [-0.3, -0.25) is 4.90 Å². The second-order valence-electron chi connectivity index (χ2n) is 6.68. The van der Waals surface area contributed by atoms with Crippen LogP contribution >= 0.6 is 0 Å². The van der Waals surface area contributed by atoms with Gasteiger partial charge in [0.25, 0.3) is 0 Å². The lowest BCUT2D eigenvalue weighted by atomic mass is 9.89. The maximum Gasteiger partial charge on any atom is 0.149 e. The van der Waals surface area contributed by atoms with E-state index in [1.165, 1.54) is 6.26 Å². The summed E-state index contributed by atoms with van der Waals surface area (Å²) in [5.41, 5.74) is 6.29. The number of hydrogen-bond donors (Lipinski definition) is 1. The molecule has 0 aromatic carbocycles. The molecule has 114 valence electrons. The van der Waals surface area contributed by atoms with Crippen LogP contribution in [-0.2, 0) is 14.6 Å². The topological polar surface area (TPSA) is 72.6 Å². The average Bonchev–Trinajstić information content (AvgIpc) is 2.18. The highest BCUT2D eigenvalue weighted by Crippen LogP contribution is 2.25. The van der Waals surface area contributed by atoms with Crippen molar-refractivity contribution in [2.75, 3.05) is 31.7 Å². The molecule has 1 heterocycles. The molecule has 3 atom stereocenters. The van der Waals surface area contributed by atoms with E-state index in [0.717, 1.165) is 13.1 Å². The van der Waals surface area contributed by atoms with Crippen LogP contribution in [0.4, 0.5) is 0 Å². The molecule has 5 nitrogen and oxygen atoms in total. The molecule has 1 fully saturated rings. The van der Waals surface area contributed by atoms with Gasteiger partial charge >= 0.3 is 0 Å². The van der Waals surface area contributed by atoms with E-state index in [2.05, 4.69) is 32.6 Å². The van der Waals surface area contributed by atoms with E-state index in [1.54, 1.807) is 0 Å². The fourth-order valence-corrected chi connectivity index (χ4v) is 2.88. The number of piperidine rings is 1. The Bertz CT molecular complexity index is 377. The molecule has 0 amide bonds. The van der Waals surface area contributed by atoms with Crippen LogP contribution in [0.5, 0.6) is 0 Å². The van der Waals surface area contributed by atoms with E-state index >= 15 is 0 Å². The number of nitrogens with two attached hydrogens (primary N) is 1. The lowest BCUT2D eigenvalue weighted by Gasteiger charge is -2.46. The zero-order valence-corrected chi connectivity index (χ0v) is 13.5. The molecule has 1 saturated heterocycles. The average molecular weight is 292 g/mol. The summed E-state index contributed by atoms with van der Waals surface area (Å²) in [5, 5.41) is 0. The highest BCUT2D eigenvalue weighted by atomic mass is 32.2. The molecule has 2 N–H and O–H groups in total. The summed E-state index contributed by atoms with van der Waals surface area (Å²) >= 11 is 0. The summed E-state index contributed by atoms with van der Waals surface area (Å²) in [7, 11) is -2.97. The van der Waals surface area contributed by atoms with Gasteiger partial charge in [0.1, 0.15) is 9.84 Å². The van der Waals surface area contributed by atoms with Crippen molar-refractivity contribution in [2.45, 2.75) is 45.4 Å². The van der Waals surface area contributed by atoms with E-state index in [9.17, 15) is 8.42 Å². The zero-order valence-electron chi connectivity index (χ0n) is 12.7. The normalized spacial score (nSPS) is 30.5. The van der Waals surface area contributed by atoms with Crippen molar-refractivity contribution in [3.8, 4) is 0 Å². The largest absolute Gasteiger partial charge is 0.375 e. The summed E-state index contributed by atoms with van der Waals surface area (Å²) < 4.78 is 27.9. The molecule has 0 aromatic rings. The third-order valence-electron chi connectivity index (χ3n) is 3.64. The first kappa shape index (κ1) is 16.9. The molecule has 0 aromatic heterocycles. The first-order valence-electron chi connectivity index (χ1n) is 6.80. The third kappa shape index (κ3) is 5.38. The molecule has 0 aliphatic carbocycles. The van der Waals surface area contributed by atoms with E-state index < -0.39 is 9.84 Å². The SMILES string of the molecule is C[C@H]1CN(C(C)(C)C)C[C@@H](N)[C@H]1OCCS(C)(=O)=O. The van der Waals surface area contributed by atoms with E-state index in [-0.39, 0.29) is 30.0 Å². The molecular weight excluding hydrogens is 264 g/mol. The van der Waals surface area contributed by atoms with Crippen LogP contribution in [0.15, 0.2) is 0 Å². The maximum atomic E-state index is 11.1. The number of hydrogen-bond acceptors (Lipinski definition) is 5. The predicted molar refractivity (Wildman–Crippen MR) is 77.9 cm³/mol. The smallest absolute Gasteiger partial charge is 0.149 e. The lowest BCUT2D eigenvalue weighted by molar-refractivity contribution is -0.0547. The van der Waals surface area contributed by atoms with Crippen molar-refractivity contribution in [1.82, 2.24) is 4.90 Å². The second-order valence-corrected chi connectivity index (χ2v) is 8.94. The van der Waals surface area contributed by atoms with Crippen LogP contribution in [0.2, 0.25) is 0 Å². The standard InChI is InChI=1S/C13H28N2O3S/c1-10-8-15(13(2,3)4)9-11(14)12(10)18-6-7-19(5,16)17/h10-12H,6-9,14H2,1-5H3/t10-,11+,12-/m0/s1. The first-order valence-corrected chi connectivity index (χ1v) is 8.87. The minimum atomic E-state index is -2.97. The van der Waals surface area contributed by atoms with Crippen molar-refractivity contribution < 1.29 is 13.2 Å². The Hall–Kier alpha value is -0.170. The van der Waals surface area contributed by atoms with Gasteiger partial charge in [-0.05, 0) is 26.7 Å². The third-order valence-corrected chi connectivity index (χ3v) is 4.54. The van der Waals surface area contributed by atoms with Crippen LogP contribution in [0.1, 0.15) is 27.7 Å². The highest BCUT2D eigenvalue weighted by molar-refractivity contribution is 7.90. The van der Waals surface area contributed by atoms with E-state index in [0.29, 0.717) is 5.92 Å². The molecule has 1 aliphatic rings. The van der Waals surface area contributed by atoms with E-state index in [1.807, 2.05) is 0 Å². The van der Waals surface area contributed by atoms with Gasteiger partial charge in [0.2, 0.25) is 0 Å². The van der Waals surface area contributed by atoms with Gasteiger partial charge in [-0.2, -0.15) is 0 Å². The fraction of sp³-hybridized carbons (Fsp3) is 1.00. The minimum absolute atomic E-state index is 0.0552. The van der Waals surface area contributed by atoms with Crippen LogP contribution in [0, 0.1) is 5.92 Å². The zero-order chi connectivity index (χ0) is 14.8. The quantitative estimate of drug-likeness (QED) is 0.816. The molecule has 0 unspecified atom stereocenters. The van der Waals surface area contributed by atoms with Gasteiger partial charge < -0.3 is 10.5 Å². The number of nitrogens with zero attached hydrogens (tertiary/aromatic N) is 1. The maximum absolute atomic E-state index is 11.1. The summed E-state index contributed by atoms with van der Waals surface area (Å²) in [6.07, 6.45) is 1.17. The Morgan fingerprint density at radius 3 is 2.32 bits per heavy atom. The van der Waals surface area contributed by atoms with Gasteiger partial charge in [0.15, 0.2) is 0 Å². The minimum Gasteiger partial charge on any atom is -0.375 e. The lowest BCUT2D eigenvalue weighted by Crippen LogP contribution is -2.60.